The third-order valence-electron chi connectivity index (χ3n) is 13.0. The van der Waals surface area contributed by atoms with E-state index in [1.165, 1.54) is 127 Å². The Morgan fingerprint density at radius 2 is 0.825 bits per heavy atom. The Hall–Kier alpha value is -6.19. The molecule has 0 N–H and O–H groups in total. The molecule has 0 spiro atoms. The van der Waals surface area contributed by atoms with E-state index in [9.17, 15) is 0 Å². The van der Waals surface area contributed by atoms with Crippen LogP contribution in [0.5, 0.6) is 0 Å². The molecule has 0 aliphatic carbocycles. The lowest BCUT2D eigenvalue weighted by Gasteiger charge is -2.19. The van der Waals surface area contributed by atoms with Gasteiger partial charge in [-0.05, 0) is 81.2 Å². The number of fused-ring (bicyclic) bond motifs is 6. The number of hydrogen-bond acceptors (Lipinski definition) is 0. The van der Waals surface area contributed by atoms with Crippen molar-refractivity contribution in [2.45, 2.75) is 0 Å². The van der Waals surface area contributed by atoms with Crippen molar-refractivity contribution in [1.29, 1.82) is 0 Å². The lowest BCUT2D eigenvalue weighted by atomic mass is 9.64. The molecule has 2 nitrogen and oxygen atoms in total. The summed E-state index contributed by atoms with van der Waals surface area (Å²) < 4.78 is 5.01. The molecule has 10 aromatic rings. The van der Waals surface area contributed by atoms with E-state index in [0.29, 0.717) is 0 Å². The lowest BCUT2D eigenvalue weighted by Crippen LogP contribution is -2.48. The molecule has 2 heterocycles. The van der Waals surface area contributed by atoms with Crippen LogP contribution in [0.15, 0.2) is 152 Å². The van der Waals surface area contributed by atoms with Gasteiger partial charge in [0.05, 0.1) is 11.0 Å². The van der Waals surface area contributed by atoms with Crippen LogP contribution in [-0.2, 0) is 0 Å². The summed E-state index contributed by atoms with van der Waals surface area (Å²) in [7, 11) is 16.3. The van der Waals surface area contributed by atoms with Gasteiger partial charge in [0.1, 0.15) is 54.9 Å². The molecule has 0 saturated heterocycles. The molecule has 57 heavy (non-hydrogen) atoms. The second-order valence-electron chi connectivity index (χ2n) is 15.9. The maximum atomic E-state index is 2.58. The second-order valence-corrected chi connectivity index (χ2v) is 15.9. The fourth-order valence-corrected chi connectivity index (χ4v) is 9.70. The molecule has 0 amide bonds. The van der Waals surface area contributed by atoms with Crippen LogP contribution >= 0.6 is 0 Å². The highest BCUT2D eigenvalue weighted by atomic mass is 15.0. The van der Waals surface area contributed by atoms with Crippen LogP contribution in [0.4, 0.5) is 0 Å². The third-order valence-corrected chi connectivity index (χ3v) is 13.0. The molecule has 0 saturated carbocycles. The van der Waals surface area contributed by atoms with E-state index in [2.05, 4.69) is 216 Å². The van der Waals surface area contributed by atoms with Crippen LogP contribution < -0.4 is 38.2 Å². The van der Waals surface area contributed by atoms with Gasteiger partial charge in [-0.15, -0.1) is 5.46 Å². The van der Waals surface area contributed by atoms with Gasteiger partial charge in [-0.1, -0.05) is 142 Å². The molecule has 0 aliphatic heterocycles. The Morgan fingerprint density at radius 1 is 0.298 bits per heavy atom. The zero-order valence-corrected chi connectivity index (χ0v) is 33.8. The van der Waals surface area contributed by atoms with E-state index >= 15 is 0 Å². The fraction of sp³-hybridized carbons (Fsp3) is 0. The number of para-hydroxylation sites is 1. The number of nitrogens with zero attached hydrogens (tertiary/aromatic N) is 2. The summed E-state index contributed by atoms with van der Waals surface area (Å²) in [5, 5.41) is 5.25. The van der Waals surface area contributed by atoms with E-state index < -0.39 is 0 Å². The number of rotatable bonds is 5. The van der Waals surface area contributed by atoms with Gasteiger partial charge in [0.25, 0.3) is 0 Å². The van der Waals surface area contributed by atoms with Gasteiger partial charge in [-0.25, -0.2) is 0 Å². The first-order chi connectivity index (χ1) is 27.7. The van der Waals surface area contributed by atoms with Crippen LogP contribution in [0, 0.1) is 0 Å². The predicted octanol–water partition coefficient (Wildman–Crippen LogP) is 0.691. The van der Waals surface area contributed by atoms with Crippen molar-refractivity contribution in [2.75, 3.05) is 0 Å². The number of aromatic nitrogens is 2. The molecule has 0 radical (unpaired) electrons. The highest BCUT2D eigenvalue weighted by Gasteiger charge is 2.25. The maximum absolute atomic E-state index is 2.58. The molecule has 0 unspecified atom stereocenters. The van der Waals surface area contributed by atoms with E-state index in [1.54, 1.807) is 0 Å². The van der Waals surface area contributed by atoms with Crippen LogP contribution in [-0.4, -0.2) is 64.1 Å². The Bertz CT molecular complexity index is 3240. The van der Waals surface area contributed by atoms with Crippen LogP contribution in [0.25, 0.3) is 88.4 Å². The standard InChI is InChI=1S/C48H39B7N2/c49-40-37(30-20-22-35-34(24-30)33-21-19-29(27-13-6-2-7-14-27)25-36(33)56(35)31-16-8-3-9-17-31)41(50)45(54)47-38(40)39-42(51)43(52)44(53)46(55)48(39)57(47)32-18-10-15-28(23-32)26-11-4-1-5-12-26/h1-25H,49-55H2. The van der Waals surface area contributed by atoms with Gasteiger partial charge in [-0.3, -0.25) is 0 Å². The van der Waals surface area contributed by atoms with Crippen molar-refractivity contribution in [1.82, 2.24) is 9.13 Å². The van der Waals surface area contributed by atoms with E-state index in [-0.39, 0.29) is 0 Å². The lowest BCUT2D eigenvalue weighted by molar-refractivity contribution is 1.18. The quantitative estimate of drug-likeness (QED) is 0.232. The van der Waals surface area contributed by atoms with E-state index in [4.69, 9.17) is 0 Å². The molecule has 0 atom stereocenters. The maximum Gasteiger partial charge on any atom is 0.141 e. The van der Waals surface area contributed by atoms with Crippen LogP contribution in [0.2, 0.25) is 0 Å². The first-order valence-electron chi connectivity index (χ1n) is 20.1. The first-order valence-corrected chi connectivity index (χ1v) is 20.1. The van der Waals surface area contributed by atoms with Gasteiger partial charge in [0, 0.05) is 38.6 Å². The summed E-state index contributed by atoms with van der Waals surface area (Å²) in [6.07, 6.45) is 0. The van der Waals surface area contributed by atoms with Gasteiger partial charge in [0.15, 0.2) is 0 Å². The summed E-state index contributed by atoms with van der Waals surface area (Å²) in [5.41, 5.74) is 24.3. The second kappa shape index (κ2) is 13.5. The first kappa shape index (κ1) is 35.2. The average molecular weight is 720 g/mol. The van der Waals surface area contributed by atoms with Crippen molar-refractivity contribution >= 4 is 137 Å². The van der Waals surface area contributed by atoms with Crippen LogP contribution in [0.1, 0.15) is 0 Å². The summed E-state index contributed by atoms with van der Waals surface area (Å²) in [5.74, 6) is 0. The monoisotopic (exact) mass is 720 g/mol. The molecule has 10 rings (SSSR count). The van der Waals surface area contributed by atoms with Crippen molar-refractivity contribution in [3.8, 4) is 44.8 Å². The molecule has 0 bridgehead atoms. The predicted molar refractivity (Wildman–Crippen MR) is 269 cm³/mol. The number of hydrogen-bond donors (Lipinski definition) is 0. The zero-order valence-electron chi connectivity index (χ0n) is 33.8. The van der Waals surface area contributed by atoms with Crippen LogP contribution in [0.3, 0.4) is 0 Å². The highest BCUT2D eigenvalue weighted by molar-refractivity contribution is 6.69. The topological polar surface area (TPSA) is 9.86 Å². The summed E-state index contributed by atoms with van der Waals surface area (Å²) >= 11 is 0. The van der Waals surface area contributed by atoms with E-state index in [1.807, 2.05) is 0 Å². The molecular weight excluding hydrogens is 680 g/mol. The summed E-state index contributed by atoms with van der Waals surface area (Å²) in [6, 6.07) is 55.5. The van der Waals surface area contributed by atoms with Crippen molar-refractivity contribution < 1.29 is 0 Å². The molecule has 262 valence electrons. The molecule has 0 aliphatic rings. The van der Waals surface area contributed by atoms with Gasteiger partial charge >= 0.3 is 0 Å². The minimum absolute atomic E-state index is 1.17. The summed E-state index contributed by atoms with van der Waals surface area (Å²) in [6.45, 7) is 0. The SMILES string of the molecule is Bc1c(B)c(B)c2c(c1B)c1c(B)c(-c3ccc4c(c3)c3ccc(-c5ccccc5)cc3n4-c3ccccc3)c(B)c(B)c1n2-c1cccc(-c2ccccc2)c1. The zero-order chi connectivity index (χ0) is 39.1. The minimum atomic E-state index is 1.17. The van der Waals surface area contributed by atoms with Gasteiger partial charge < -0.3 is 9.13 Å². The molecule has 8 aromatic carbocycles. The minimum Gasteiger partial charge on any atom is -0.310 e. The van der Waals surface area contributed by atoms with Crippen molar-refractivity contribution in [3.63, 3.8) is 0 Å². The molecule has 9 heteroatoms. The van der Waals surface area contributed by atoms with E-state index in [0.717, 1.165) is 0 Å². The number of benzene rings is 8. The van der Waals surface area contributed by atoms with Gasteiger partial charge in [0.2, 0.25) is 0 Å². The molecule has 2 aromatic heterocycles. The summed E-state index contributed by atoms with van der Waals surface area (Å²) in [4.78, 5) is 0. The molecule has 0 fully saturated rings. The third kappa shape index (κ3) is 5.36. The molecular formula is C48H39B7N2. The largest absolute Gasteiger partial charge is 0.310 e. The fourth-order valence-electron chi connectivity index (χ4n) is 9.70. The Morgan fingerprint density at radius 3 is 1.49 bits per heavy atom. The normalized spacial score (nSPS) is 11.6. The average Bonchev–Trinajstić information content (AvgIpc) is 3.79. The van der Waals surface area contributed by atoms with Crippen molar-refractivity contribution in [3.05, 3.63) is 152 Å². The Labute approximate surface area is 340 Å². The highest BCUT2D eigenvalue weighted by Crippen LogP contribution is 2.38. The smallest absolute Gasteiger partial charge is 0.141 e. The Kier molecular flexibility index (Phi) is 8.34. The van der Waals surface area contributed by atoms with Crippen molar-refractivity contribution in [2.24, 2.45) is 0 Å². The van der Waals surface area contributed by atoms with Gasteiger partial charge in [-0.2, -0.15) is 0 Å². The Balaban J connectivity index is 1.27.